The molecule has 0 radical (unpaired) electrons. The first-order valence-corrected chi connectivity index (χ1v) is 13.8. The second kappa shape index (κ2) is 11.9. The van der Waals surface area contributed by atoms with Crippen molar-refractivity contribution in [2.45, 2.75) is 37.3 Å². The summed E-state index contributed by atoms with van der Waals surface area (Å²) >= 11 is 5.89. The van der Waals surface area contributed by atoms with E-state index >= 15 is 0 Å². The topological polar surface area (TPSA) is 146 Å². The van der Waals surface area contributed by atoms with Crippen LogP contribution in [0, 0.1) is 0 Å². The molecule has 1 aliphatic heterocycles. The Hall–Kier alpha value is -2.91. The highest BCUT2D eigenvalue weighted by molar-refractivity contribution is 7.93. The van der Waals surface area contributed by atoms with Gasteiger partial charge in [0.05, 0.1) is 30.9 Å². The van der Waals surface area contributed by atoms with Crippen molar-refractivity contribution in [3.8, 4) is 17.4 Å². The van der Waals surface area contributed by atoms with Gasteiger partial charge in [0.1, 0.15) is 17.0 Å². The first kappa shape index (κ1) is 28.1. The molecule has 0 aliphatic carbocycles. The first-order valence-electron chi connectivity index (χ1n) is 11.9. The number of methoxy groups -OCH3 is 2. The molecular formula is C23H31ClN8O5S. The molecule has 38 heavy (non-hydrogen) atoms. The number of rotatable bonds is 10. The maximum Gasteiger partial charge on any atom is 0.240 e. The minimum atomic E-state index is -4.07. The van der Waals surface area contributed by atoms with Crippen LogP contribution in [0.3, 0.4) is 0 Å². The van der Waals surface area contributed by atoms with Crippen molar-refractivity contribution in [3.05, 3.63) is 41.4 Å². The molecule has 13 nitrogen and oxygen atoms in total. The minimum Gasteiger partial charge on any atom is -0.481 e. The van der Waals surface area contributed by atoms with Gasteiger partial charge in [0.25, 0.3) is 0 Å². The zero-order valence-electron chi connectivity index (χ0n) is 21.8. The number of likely N-dealkylation sites (N-methyl/N-ethyl adjacent to an activating group) is 1. The predicted molar refractivity (Wildman–Crippen MR) is 141 cm³/mol. The minimum absolute atomic E-state index is 0.0210. The second-order valence-electron chi connectivity index (χ2n) is 8.96. The van der Waals surface area contributed by atoms with E-state index in [1.165, 1.54) is 33.5 Å². The van der Waals surface area contributed by atoms with Crippen LogP contribution >= 0.6 is 11.6 Å². The molecule has 1 aliphatic rings. The molecule has 0 bridgehead atoms. The lowest BCUT2D eigenvalue weighted by Gasteiger charge is -2.35. The predicted octanol–water partition coefficient (Wildman–Crippen LogP) is 2.20. The Morgan fingerprint density at radius 3 is 2.58 bits per heavy atom. The Balaban J connectivity index is 1.71. The van der Waals surface area contributed by atoms with Crippen LogP contribution in [0.2, 0.25) is 5.02 Å². The largest absolute Gasteiger partial charge is 0.481 e. The standard InChI is InChI=1S/C23H31ClN8O5S/c1-14(18-13-31(3)9-10-37-18)32-22(17-7-6-8-19(27-17)35-4)28-29-23(32)30-38(33,34)15(2)20(36-5)21-25-11-16(24)12-26-21/h6-8,11-12,14-15,18,20H,9-10,13H2,1-5H3,(H,29,30)/t14?,15?,18-,20?/m1/s1. The lowest BCUT2D eigenvalue weighted by atomic mass is 10.1. The Bertz CT molecular complexity index is 1340. The lowest BCUT2D eigenvalue weighted by Crippen LogP contribution is -2.44. The summed E-state index contributed by atoms with van der Waals surface area (Å²) in [5.41, 5.74) is 0.468. The zero-order valence-corrected chi connectivity index (χ0v) is 23.3. The van der Waals surface area contributed by atoms with E-state index in [9.17, 15) is 8.42 Å². The Morgan fingerprint density at radius 2 is 1.92 bits per heavy atom. The molecular weight excluding hydrogens is 536 g/mol. The van der Waals surface area contributed by atoms with Gasteiger partial charge in [-0.05, 0) is 27.0 Å². The molecule has 1 N–H and O–H groups in total. The normalized spacial score (nSPS) is 19.1. The first-order chi connectivity index (χ1) is 18.1. The van der Waals surface area contributed by atoms with Gasteiger partial charge in [-0.2, -0.15) is 0 Å². The van der Waals surface area contributed by atoms with E-state index in [1.807, 2.05) is 14.0 Å². The van der Waals surface area contributed by atoms with Crippen molar-refractivity contribution in [2.75, 3.05) is 45.7 Å². The van der Waals surface area contributed by atoms with Gasteiger partial charge in [-0.3, -0.25) is 9.29 Å². The fourth-order valence-corrected chi connectivity index (χ4v) is 5.44. The van der Waals surface area contributed by atoms with Crippen molar-refractivity contribution in [2.24, 2.45) is 0 Å². The van der Waals surface area contributed by atoms with Crippen molar-refractivity contribution < 1.29 is 22.6 Å². The molecule has 4 heterocycles. The molecule has 0 spiro atoms. The van der Waals surface area contributed by atoms with E-state index in [2.05, 4.69) is 34.8 Å². The number of hydrogen-bond donors (Lipinski definition) is 1. The van der Waals surface area contributed by atoms with Crippen molar-refractivity contribution in [1.82, 2.24) is 34.6 Å². The van der Waals surface area contributed by atoms with Gasteiger partial charge < -0.3 is 19.1 Å². The van der Waals surface area contributed by atoms with E-state index in [1.54, 1.807) is 22.8 Å². The van der Waals surface area contributed by atoms with E-state index in [0.29, 0.717) is 35.6 Å². The molecule has 3 aromatic heterocycles. The summed E-state index contributed by atoms with van der Waals surface area (Å²) in [5, 5.41) is 7.74. The maximum absolute atomic E-state index is 13.6. The Labute approximate surface area is 226 Å². The number of morpholine rings is 1. The van der Waals surface area contributed by atoms with Gasteiger partial charge in [0.2, 0.25) is 21.9 Å². The third kappa shape index (κ3) is 6.04. The summed E-state index contributed by atoms with van der Waals surface area (Å²) in [6.45, 7) is 5.43. The summed E-state index contributed by atoms with van der Waals surface area (Å²) in [4.78, 5) is 14.9. The zero-order chi connectivity index (χ0) is 27.4. The fourth-order valence-electron chi connectivity index (χ4n) is 4.20. The summed E-state index contributed by atoms with van der Waals surface area (Å²) in [6.07, 6.45) is 1.56. The SMILES string of the molecule is COc1cccc(-c2nnc(NS(=O)(=O)C(C)C(OC)c3ncc(Cl)cn3)n2C(C)[C@H]2CN(C)CCO2)n1. The number of nitrogens with one attached hydrogen (secondary N) is 1. The van der Waals surface area contributed by atoms with Gasteiger partial charge in [-0.1, -0.05) is 17.7 Å². The smallest absolute Gasteiger partial charge is 0.240 e. The van der Waals surface area contributed by atoms with Crippen LogP contribution in [-0.2, 0) is 19.5 Å². The molecule has 0 saturated carbocycles. The second-order valence-corrected chi connectivity index (χ2v) is 11.4. The van der Waals surface area contributed by atoms with Crippen LogP contribution in [0.15, 0.2) is 30.6 Å². The molecule has 0 aromatic carbocycles. The summed E-state index contributed by atoms with van der Waals surface area (Å²) < 4.78 is 48.2. The van der Waals surface area contributed by atoms with Crippen LogP contribution in [-0.4, -0.2) is 95.4 Å². The van der Waals surface area contributed by atoms with Gasteiger partial charge in [-0.25, -0.2) is 23.4 Å². The molecule has 4 rings (SSSR count). The highest BCUT2D eigenvalue weighted by atomic mass is 35.5. The molecule has 3 unspecified atom stereocenters. The third-order valence-corrected chi connectivity index (χ3v) is 8.29. The number of nitrogens with zero attached hydrogens (tertiary/aromatic N) is 7. The van der Waals surface area contributed by atoms with Crippen LogP contribution in [0.1, 0.15) is 31.8 Å². The van der Waals surface area contributed by atoms with E-state index in [0.717, 1.165) is 6.54 Å². The number of aromatic nitrogens is 6. The van der Waals surface area contributed by atoms with Crippen LogP contribution < -0.4 is 9.46 Å². The van der Waals surface area contributed by atoms with Crippen molar-refractivity contribution >= 4 is 27.6 Å². The highest BCUT2D eigenvalue weighted by Crippen LogP contribution is 2.31. The number of sulfonamides is 1. The maximum atomic E-state index is 13.6. The molecule has 1 fully saturated rings. The average Bonchev–Trinajstić information content (AvgIpc) is 3.32. The molecule has 206 valence electrons. The average molecular weight is 567 g/mol. The van der Waals surface area contributed by atoms with Gasteiger partial charge in [0, 0.05) is 38.7 Å². The third-order valence-electron chi connectivity index (χ3n) is 6.40. The summed E-state index contributed by atoms with van der Waals surface area (Å²) in [6, 6.07) is 4.89. The lowest BCUT2D eigenvalue weighted by molar-refractivity contribution is -0.0421. The van der Waals surface area contributed by atoms with E-state index in [4.69, 9.17) is 25.8 Å². The number of halogens is 1. The quantitative estimate of drug-likeness (QED) is 0.385. The molecule has 1 saturated heterocycles. The van der Waals surface area contributed by atoms with E-state index < -0.39 is 21.4 Å². The Morgan fingerprint density at radius 1 is 1.18 bits per heavy atom. The molecule has 15 heteroatoms. The molecule has 0 amide bonds. The number of anilines is 1. The fraction of sp³-hybridized carbons (Fsp3) is 0.522. The highest BCUT2D eigenvalue weighted by Gasteiger charge is 2.36. The Kier molecular flexibility index (Phi) is 8.78. The molecule has 3 aromatic rings. The number of hydrogen-bond acceptors (Lipinski definition) is 11. The van der Waals surface area contributed by atoms with Crippen LogP contribution in [0.25, 0.3) is 11.5 Å². The van der Waals surface area contributed by atoms with Gasteiger partial charge in [-0.15, -0.1) is 10.2 Å². The number of pyridine rings is 1. The number of ether oxygens (including phenoxy) is 3. The van der Waals surface area contributed by atoms with Crippen LogP contribution in [0.4, 0.5) is 5.95 Å². The summed E-state index contributed by atoms with van der Waals surface area (Å²) in [7, 11) is 0.846. The van der Waals surface area contributed by atoms with Crippen molar-refractivity contribution in [3.63, 3.8) is 0 Å². The van der Waals surface area contributed by atoms with Gasteiger partial charge in [0.15, 0.2) is 11.6 Å². The monoisotopic (exact) mass is 566 g/mol. The van der Waals surface area contributed by atoms with E-state index in [-0.39, 0.29) is 23.9 Å². The van der Waals surface area contributed by atoms with Gasteiger partial charge >= 0.3 is 0 Å². The van der Waals surface area contributed by atoms with Crippen molar-refractivity contribution in [1.29, 1.82) is 0 Å². The summed E-state index contributed by atoms with van der Waals surface area (Å²) in [5.74, 6) is 0.958. The van der Waals surface area contributed by atoms with Crippen LogP contribution in [0.5, 0.6) is 5.88 Å². The molecule has 4 atom stereocenters.